The first-order valence-electron chi connectivity index (χ1n) is 5.40. The second kappa shape index (κ2) is 7.54. The first-order chi connectivity index (χ1) is 7.36. The molecule has 1 unspecified atom stereocenters. The van der Waals surface area contributed by atoms with Crippen LogP contribution in [-0.2, 0) is 9.59 Å². The molecule has 0 spiro atoms. The average Bonchev–Trinajstić information content (AvgIpc) is 2.15. The van der Waals surface area contributed by atoms with Crippen LogP contribution in [0.25, 0.3) is 0 Å². The fourth-order valence-corrected chi connectivity index (χ4v) is 2.30. The predicted molar refractivity (Wildman–Crippen MR) is 66.6 cm³/mol. The quantitative estimate of drug-likeness (QED) is 0.696. The fraction of sp³-hybridized carbons (Fsp3) is 0.818. The molecule has 0 rings (SSSR count). The van der Waals surface area contributed by atoms with Crippen LogP contribution in [0.3, 0.4) is 0 Å². The van der Waals surface area contributed by atoms with Crippen LogP contribution < -0.4 is 0 Å². The van der Waals surface area contributed by atoms with E-state index in [1.165, 1.54) is 11.8 Å². The summed E-state index contributed by atoms with van der Waals surface area (Å²) in [6, 6.07) is 0. The van der Waals surface area contributed by atoms with E-state index in [1.54, 1.807) is 19.0 Å². The standard InChI is InChI=1S/C11H21NO3S/c1-8(2)10(11(14)15)16-7-5-6-9(13)12(3)4/h8,10H,5-7H2,1-4H3,(H,14,15). The van der Waals surface area contributed by atoms with E-state index in [4.69, 9.17) is 5.11 Å². The number of carbonyl (C=O) groups excluding carboxylic acids is 1. The highest BCUT2D eigenvalue weighted by molar-refractivity contribution is 8.00. The van der Waals surface area contributed by atoms with Gasteiger partial charge >= 0.3 is 5.97 Å². The molecular weight excluding hydrogens is 226 g/mol. The molecule has 0 aromatic rings. The molecule has 1 amide bonds. The van der Waals surface area contributed by atoms with Crippen molar-refractivity contribution >= 4 is 23.6 Å². The van der Waals surface area contributed by atoms with Crippen molar-refractivity contribution in [1.82, 2.24) is 4.90 Å². The van der Waals surface area contributed by atoms with Crippen molar-refractivity contribution in [3.63, 3.8) is 0 Å². The van der Waals surface area contributed by atoms with Gasteiger partial charge in [-0.05, 0) is 18.1 Å². The maximum atomic E-state index is 11.3. The summed E-state index contributed by atoms with van der Waals surface area (Å²) in [6.07, 6.45) is 1.22. The lowest BCUT2D eigenvalue weighted by molar-refractivity contribution is -0.137. The molecule has 0 fully saturated rings. The Hall–Kier alpha value is -0.710. The van der Waals surface area contributed by atoms with Gasteiger partial charge in [-0.1, -0.05) is 13.8 Å². The van der Waals surface area contributed by atoms with Gasteiger partial charge in [-0.25, -0.2) is 0 Å². The lowest BCUT2D eigenvalue weighted by Gasteiger charge is -2.15. The molecule has 1 N–H and O–H groups in total. The number of carboxylic acid groups (broad SMARTS) is 1. The molecule has 0 aliphatic heterocycles. The maximum Gasteiger partial charge on any atom is 0.316 e. The van der Waals surface area contributed by atoms with Gasteiger partial charge in [-0.15, -0.1) is 11.8 Å². The van der Waals surface area contributed by atoms with E-state index in [0.29, 0.717) is 12.2 Å². The number of hydrogen-bond acceptors (Lipinski definition) is 3. The molecule has 94 valence electrons. The lowest BCUT2D eigenvalue weighted by Crippen LogP contribution is -2.24. The van der Waals surface area contributed by atoms with Crippen molar-refractivity contribution in [2.24, 2.45) is 5.92 Å². The van der Waals surface area contributed by atoms with Gasteiger partial charge in [0, 0.05) is 20.5 Å². The van der Waals surface area contributed by atoms with Crippen LogP contribution in [0.1, 0.15) is 26.7 Å². The Morgan fingerprint density at radius 2 is 1.88 bits per heavy atom. The van der Waals surface area contributed by atoms with Crippen LogP contribution >= 0.6 is 11.8 Å². The first-order valence-corrected chi connectivity index (χ1v) is 6.45. The third kappa shape index (κ3) is 6.00. The lowest BCUT2D eigenvalue weighted by atomic mass is 10.1. The SMILES string of the molecule is CC(C)C(SCCCC(=O)N(C)C)C(=O)O. The number of rotatable bonds is 7. The summed E-state index contributed by atoms with van der Waals surface area (Å²) in [5.74, 6) is 0.164. The first kappa shape index (κ1) is 15.3. The summed E-state index contributed by atoms with van der Waals surface area (Å²) in [4.78, 5) is 23.7. The normalized spacial score (nSPS) is 12.6. The monoisotopic (exact) mass is 247 g/mol. The minimum Gasteiger partial charge on any atom is -0.480 e. The predicted octanol–water partition coefficient (Wildman–Crippen LogP) is 1.70. The van der Waals surface area contributed by atoms with E-state index in [2.05, 4.69) is 0 Å². The summed E-state index contributed by atoms with van der Waals surface area (Å²) in [6.45, 7) is 3.80. The Morgan fingerprint density at radius 3 is 2.25 bits per heavy atom. The molecule has 1 atom stereocenters. The molecule has 5 heteroatoms. The van der Waals surface area contributed by atoms with Gasteiger partial charge in [-0.2, -0.15) is 0 Å². The van der Waals surface area contributed by atoms with E-state index in [1.807, 2.05) is 13.8 Å². The zero-order valence-electron chi connectivity index (χ0n) is 10.4. The molecule has 0 bridgehead atoms. The van der Waals surface area contributed by atoms with Crippen molar-refractivity contribution < 1.29 is 14.7 Å². The summed E-state index contributed by atoms with van der Waals surface area (Å²) in [5, 5.41) is 8.58. The van der Waals surface area contributed by atoms with Crippen LogP contribution in [0.4, 0.5) is 0 Å². The third-order valence-electron chi connectivity index (χ3n) is 2.18. The number of nitrogens with zero attached hydrogens (tertiary/aromatic N) is 1. The van der Waals surface area contributed by atoms with Crippen LogP contribution in [0, 0.1) is 5.92 Å². The van der Waals surface area contributed by atoms with Crippen LogP contribution in [0.5, 0.6) is 0 Å². The molecule has 4 nitrogen and oxygen atoms in total. The van der Waals surface area contributed by atoms with Gasteiger partial charge in [-0.3, -0.25) is 9.59 Å². The van der Waals surface area contributed by atoms with Gasteiger partial charge in [0.2, 0.25) is 5.91 Å². The second-order valence-electron chi connectivity index (χ2n) is 4.27. The number of carboxylic acids is 1. The van der Waals surface area contributed by atoms with Crippen molar-refractivity contribution in [2.75, 3.05) is 19.8 Å². The number of hydrogen-bond donors (Lipinski definition) is 1. The average molecular weight is 247 g/mol. The van der Waals surface area contributed by atoms with Crippen molar-refractivity contribution in [1.29, 1.82) is 0 Å². The van der Waals surface area contributed by atoms with E-state index in [0.717, 1.165) is 6.42 Å². The Balaban J connectivity index is 3.80. The molecule has 16 heavy (non-hydrogen) atoms. The van der Waals surface area contributed by atoms with Gasteiger partial charge in [0.25, 0.3) is 0 Å². The third-order valence-corrected chi connectivity index (χ3v) is 3.81. The highest BCUT2D eigenvalue weighted by Gasteiger charge is 2.21. The topological polar surface area (TPSA) is 57.6 Å². The summed E-state index contributed by atoms with van der Waals surface area (Å²) >= 11 is 1.42. The molecule has 0 radical (unpaired) electrons. The number of amides is 1. The summed E-state index contributed by atoms with van der Waals surface area (Å²) in [5.41, 5.74) is 0. The van der Waals surface area contributed by atoms with Gasteiger partial charge < -0.3 is 10.0 Å². The molecule has 0 saturated heterocycles. The molecule has 0 aliphatic rings. The van der Waals surface area contributed by atoms with Crippen LogP contribution in [-0.4, -0.2) is 47.0 Å². The van der Waals surface area contributed by atoms with E-state index >= 15 is 0 Å². The zero-order chi connectivity index (χ0) is 12.7. The molecule has 0 heterocycles. The Bertz CT molecular complexity index is 241. The second-order valence-corrected chi connectivity index (χ2v) is 5.51. The fourth-order valence-electron chi connectivity index (χ4n) is 1.21. The number of aliphatic carboxylic acids is 1. The molecule has 0 aliphatic carbocycles. The van der Waals surface area contributed by atoms with Crippen molar-refractivity contribution in [3.8, 4) is 0 Å². The minimum absolute atomic E-state index is 0.0945. The van der Waals surface area contributed by atoms with Crippen LogP contribution in [0.2, 0.25) is 0 Å². The summed E-state index contributed by atoms with van der Waals surface area (Å²) < 4.78 is 0. The molecular formula is C11H21NO3S. The van der Waals surface area contributed by atoms with Gasteiger partial charge in [0.05, 0.1) is 0 Å². The van der Waals surface area contributed by atoms with Crippen LogP contribution in [0.15, 0.2) is 0 Å². The van der Waals surface area contributed by atoms with E-state index < -0.39 is 5.97 Å². The molecule has 0 aromatic heterocycles. The Morgan fingerprint density at radius 1 is 1.31 bits per heavy atom. The molecule has 0 aromatic carbocycles. The zero-order valence-corrected chi connectivity index (χ0v) is 11.2. The highest BCUT2D eigenvalue weighted by Crippen LogP contribution is 2.21. The number of carbonyl (C=O) groups is 2. The van der Waals surface area contributed by atoms with Crippen molar-refractivity contribution in [3.05, 3.63) is 0 Å². The van der Waals surface area contributed by atoms with Gasteiger partial charge in [0.1, 0.15) is 5.25 Å². The number of thioether (sulfide) groups is 1. The largest absolute Gasteiger partial charge is 0.480 e. The smallest absolute Gasteiger partial charge is 0.316 e. The Labute approximate surface area is 101 Å². The Kier molecular flexibility index (Phi) is 7.21. The molecule has 0 saturated carbocycles. The highest BCUT2D eigenvalue weighted by atomic mass is 32.2. The van der Waals surface area contributed by atoms with Crippen molar-refractivity contribution in [2.45, 2.75) is 31.9 Å². The minimum atomic E-state index is -0.765. The van der Waals surface area contributed by atoms with E-state index in [9.17, 15) is 9.59 Å². The van der Waals surface area contributed by atoms with E-state index in [-0.39, 0.29) is 17.1 Å². The summed E-state index contributed by atoms with van der Waals surface area (Å²) in [7, 11) is 3.45. The maximum absolute atomic E-state index is 11.3. The van der Waals surface area contributed by atoms with Gasteiger partial charge in [0.15, 0.2) is 0 Å².